The topological polar surface area (TPSA) is 29.3 Å². The van der Waals surface area contributed by atoms with Gasteiger partial charge in [0.25, 0.3) is 0 Å². The van der Waals surface area contributed by atoms with Gasteiger partial charge in [-0.25, -0.2) is 0 Å². The van der Waals surface area contributed by atoms with E-state index in [-0.39, 0.29) is 0 Å². The molecule has 1 heterocycles. The van der Waals surface area contributed by atoms with Crippen LogP contribution < -0.4 is 5.73 Å². The number of benzene rings is 1. The number of hydrogen-bond donors (Lipinski definition) is 1. The summed E-state index contributed by atoms with van der Waals surface area (Å²) in [6, 6.07) is 5.93. The van der Waals surface area contributed by atoms with E-state index in [1.165, 1.54) is 18.7 Å². The first-order chi connectivity index (χ1) is 7.56. The zero-order chi connectivity index (χ0) is 11.7. The minimum atomic E-state index is 0.645. The molecule has 2 atom stereocenters. The molecule has 0 bridgehead atoms. The van der Waals surface area contributed by atoms with Gasteiger partial charge < -0.3 is 5.73 Å². The molecule has 2 rings (SSSR count). The summed E-state index contributed by atoms with van der Waals surface area (Å²) < 4.78 is 0. The second kappa shape index (κ2) is 4.64. The standard InChI is InChI=1S/C13H19ClN2/c1-9-6-16(7-10(9)2)8-11-3-4-12(14)13(15)5-11/h3-5,9-10H,6-8,15H2,1-2H3. The number of likely N-dealkylation sites (tertiary alicyclic amines) is 1. The third-order valence-corrected chi connectivity index (χ3v) is 3.87. The summed E-state index contributed by atoms with van der Waals surface area (Å²) in [6.45, 7) is 7.99. The predicted molar refractivity (Wildman–Crippen MR) is 69.5 cm³/mol. The number of anilines is 1. The molecule has 0 radical (unpaired) electrons. The number of hydrogen-bond acceptors (Lipinski definition) is 2. The number of halogens is 1. The average Bonchev–Trinajstić information content (AvgIpc) is 2.52. The van der Waals surface area contributed by atoms with Gasteiger partial charge in [-0.1, -0.05) is 31.5 Å². The fourth-order valence-electron chi connectivity index (χ4n) is 2.33. The summed E-state index contributed by atoms with van der Waals surface area (Å²) >= 11 is 5.91. The van der Waals surface area contributed by atoms with E-state index in [9.17, 15) is 0 Å². The van der Waals surface area contributed by atoms with E-state index in [0.29, 0.717) is 10.7 Å². The summed E-state index contributed by atoms with van der Waals surface area (Å²) in [5, 5.41) is 0.645. The summed E-state index contributed by atoms with van der Waals surface area (Å²) in [5.41, 5.74) is 7.73. The Kier molecular flexibility index (Phi) is 3.41. The van der Waals surface area contributed by atoms with Crippen molar-refractivity contribution in [1.29, 1.82) is 0 Å². The maximum absolute atomic E-state index is 5.91. The second-order valence-corrected chi connectivity index (χ2v) is 5.41. The highest BCUT2D eigenvalue weighted by Crippen LogP contribution is 2.25. The molecule has 16 heavy (non-hydrogen) atoms. The molecular weight excluding hydrogens is 220 g/mol. The Bertz CT molecular complexity index is 368. The SMILES string of the molecule is CC1CN(Cc2ccc(Cl)c(N)c2)CC1C. The highest BCUT2D eigenvalue weighted by Gasteiger charge is 2.25. The highest BCUT2D eigenvalue weighted by molar-refractivity contribution is 6.33. The maximum atomic E-state index is 5.91. The van der Waals surface area contributed by atoms with E-state index in [2.05, 4.69) is 24.8 Å². The number of nitrogen functional groups attached to an aromatic ring is 1. The molecule has 0 saturated carbocycles. The number of nitrogens with two attached hydrogens (primary N) is 1. The molecule has 1 fully saturated rings. The van der Waals surface area contributed by atoms with Crippen LogP contribution in [0.5, 0.6) is 0 Å². The van der Waals surface area contributed by atoms with E-state index in [0.717, 1.165) is 18.4 Å². The lowest BCUT2D eigenvalue weighted by Gasteiger charge is -2.15. The van der Waals surface area contributed by atoms with Crippen molar-refractivity contribution < 1.29 is 0 Å². The van der Waals surface area contributed by atoms with E-state index >= 15 is 0 Å². The molecule has 1 aliphatic rings. The predicted octanol–water partition coefficient (Wildman–Crippen LogP) is 3.01. The van der Waals surface area contributed by atoms with Gasteiger partial charge in [0.1, 0.15) is 0 Å². The van der Waals surface area contributed by atoms with Crippen molar-refractivity contribution in [3.05, 3.63) is 28.8 Å². The Labute approximate surface area is 102 Å². The van der Waals surface area contributed by atoms with Gasteiger partial charge in [-0.05, 0) is 29.5 Å². The van der Waals surface area contributed by atoms with Gasteiger partial charge in [0.2, 0.25) is 0 Å². The van der Waals surface area contributed by atoms with E-state index in [1.807, 2.05) is 12.1 Å². The van der Waals surface area contributed by atoms with Crippen LogP contribution in [0.4, 0.5) is 5.69 Å². The molecule has 0 spiro atoms. The molecule has 1 aromatic carbocycles. The molecule has 88 valence electrons. The molecule has 0 aliphatic carbocycles. The summed E-state index contributed by atoms with van der Waals surface area (Å²) in [4.78, 5) is 2.48. The molecule has 1 saturated heterocycles. The first-order valence-electron chi connectivity index (χ1n) is 5.82. The van der Waals surface area contributed by atoms with Gasteiger partial charge in [0.15, 0.2) is 0 Å². The Morgan fingerprint density at radius 2 is 1.94 bits per heavy atom. The van der Waals surface area contributed by atoms with Crippen LogP contribution in [0, 0.1) is 11.8 Å². The monoisotopic (exact) mass is 238 g/mol. The van der Waals surface area contributed by atoms with Gasteiger partial charge in [-0.15, -0.1) is 0 Å². The Balaban J connectivity index is 2.02. The van der Waals surface area contributed by atoms with E-state index in [4.69, 9.17) is 17.3 Å². The van der Waals surface area contributed by atoms with Crippen molar-refractivity contribution in [2.24, 2.45) is 11.8 Å². The van der Waals surface area contributed by atoms with Gasteiger partial charge in [-0.2, -0.15) is 0 Å². The number of nitrogens with zero attached hydrogens (tertiary/aromatic N) is 1. The van der Waals surface area contributed by atoms with Gasteiger partial charge in [0, 0.05) is 19.6 Å². The molecule has 2 N–H and O–H groups in total. The van der Waals surface area contributed by atoms with Crippen LogP contribution in [0.15, 0.2) is 18.2 Å². The normalized spacial score (nSPS) is 26.2. The van der Waals surface area contributed by atoms with E-state index < -0.39 is 0 Å². The van der Waals surface area contributed by atoms with Gasteiger partial charge >= 0.3 is 0 Å². The molecule has 0 amide bonds. The van der Waals surface area contributed by atoms with Crippen molar-refractivity contribution in [1.82, 2.24) is 4.90 Å². The summed E-state index contributed by atoms with van der Waals surface area (Å²) in [6.07, 6.45) is 0. The van der Waals surface area contributed by atoms with Crippen LogP contribution in [-0.4, -0.2) is 18.0 Å². The average molecular weight is 239 g/mol. The summed E-state index contributed by atoms with van der Waals surface area (Å²) in [7, 11) is 0. The van der Waals surface area contributed by atoms with Crippen molar-refractivity contribution >= 4 is 17.3 Å². The van der Waals surface area contributed by atoms with Crippen LogP contribution in [0.2, 0.25) is 5.02 Å². The first-order valence-corrected chi connectivity index (χ1v) is 6.20. The van der Waals surface area contributed by atoms with Crippen molar-refractivity contribution in [2.45, 2.75) is 20.4 Å². The largest absolute Gasteiger partial charge is 0.398 e. The molecular formula is C13H19ClN2. The van der Waals surface area contributed by atoms with Crippen LogP contribution >= 0.6 is 11.6 Å². The molecule has 0 aromatic heterocycles. The van der Waals surface area contributed by atoms with Crippen molar-refractivity contribution in [3.8, 4) is 0 Å². The highest BCUT2D eigenvalue weighted by atomic mass is 35.5. The Morgan fingerprint density at radius 1 is 1.31 bits per heavy atom. The fraction of sp³-hybridized carbons (Fsp3) is 0.538. The Hall–Kier alpha value is -0.730. The van der Waals surface area contributed by atoms with Crippen LogP contribution in [-0.2, 0) is 6.54 Å². The zero-order valence-electron chi connectivity index (χ0n) is 9.91. The molecule has 2 nitrogen and oxygen atoms in total. The molecule has 1 aromatic rings. The minimum Gasteiger partial charge on any atom is -0.398 e. The van der Waals surface area contributed by atoms with E-state index in [1.54, 1.807) is 0 Å². The van der Waals surface area contributed by atoms with Crippen molar-refractivity contribution in [2.75, 3.05) is 18.8 Å². The molecule has 3 heteroatoms. The van der Waals surface area contributed by atoms with Crippen LogP contribution in [0.1, 0.15) is 19.4 Å². The lowest BCUT2D eigenvalue weighted by Crippen LogP contribution is -2.20. The lowest BCUT2D eigenvalue weighted by molar-refractivity contribution is 0.316. The third-order valence-electron chi connectivity index (χ3n) is 3.53. The molecule has 2 unspecified atom stereocenters. The maximum Gasteiger partial charge on any atom is 0.0635 e. The third kappa shape index (κ3) is 2.50. The lowest BCUT2D eigenvalue weighted by atomic mass is 10.0. The fourth-order valence-corrected chi connectivity index (χ4v) is 2.45. The minimum absolute atomic E-state index is 0.645. The zero-order valence-corrected chi connectivity index (χ0v) is 10.7. The quantitative estimate of drug-likeness (QED) is 0.803. The van der Waals surface area contributed by atoms with Gasteiger partial charge in [0.05, 0.1) is 10.7 Å². The molecule has 1 aliphatic heterocycles. The van der Waals surface area contributed by atoms with Gasteiger partial charge in [-0.3, -0.25) is 4.90 Å². The second-order valence-electron chi connectivity index (χ2n) is 5.00. The smallest absolute Gasteiger partial charge is 0.0635 e. The first kappa shape index (κ1) is 11.7. The van der Waals surface area contributed by atoms with Crippen molar-refractivity contribution in [3.63, 3.8) is 0 Å². The van der Waals surface area contributed by atoms with Crippen LogP contribution in [0.25, 0.3) is 0 Å². The Morgan fingerprint density at radius 3 is 2.50 bits per heavy atom. The number of rotatable bonds is 2. The van der Waals surface area contributed by atoms with Crippen LogP contribution in [0.3, 0.4) is 0 Å². The summed E-state index contributed by atoms with van der Waals surface area (Å²) in [5.74, 6) is 1.59.